The monoisotopic (exact) mass is 307 g/mol. The molecule has 0 aliphatic heterocycles. The molecule has 0 saturated heterocycles. The van der Waals surface area contributed by atoms with E-state index in [0.29, 0.717) is 0 Å². The predicted octanol–water partition coefficient (Wildman–Crippen LogP) is 4.73. The summed E-state index contributed by atoms with van der Waals surface area (Å²) in [5.41, 5.74) is 1.24. The molecule has 3 heteroatoms. The van der Waals surface area contributed by atoms with Crippen LogP contribution >= 0.6 is 11.6 Å². The second-order valence-electron chi connectivity index (χ2n) is 6.56. The second kappa shape index (κ2) is 7.62. The minimum atomic E-state index is 0.157. The maximum atomic E-state index is 6.28. The van der Waals surface area contributed by atoms with Gasteiger partial charge in [-0.15, -0.1) is 0 Å². The highest BCUT2D eigenvalue weighted by molar-refractivity contribution is 6.30. The van der Waals surface area contributed by atoms with Gasteiger partial charge in [0, 0.05) is 17.6 Å². The first-order valence-electron chi connectivity index (χ1n) is 8.42. The van der Waals surface area contributed by atoms with Gasteiger partial charge in [-0.25, -0.2) is 0 Å². The molecule has 2 nitrogen and oxygen atoms in total. The summed E-state index contributed by atoms with van der Waals surface area (Å²) < 4.78 is 6.28. The first kappa shape index (κ1) is 15.3. The van der Waals surface area contributed by atoms with Crippen LogP contribution in [0, 0.1) is 5.92 Å². The minimum Gasteiger partial charge on any atom is -0.372 e. The van der Waals surface area contributed by atoms with E-state index in [4.69, 9.17) is 16.3 Å². The van der Waals surface area contributed by atoms with Crippen molar-refractivity contribution in [1.29, 1.82) is 0 Å². The lowest BCUT2D eigenvalue weighted by Gasteiger charge is -2.25. The first-order chi connectivity index (χ1) is 10.3. The van der Waals surface area contributed by atoms with Crippen LogP contribution in [-0.4, -0.2) is 19.2 Å². The molecule has 0 radical (unpaired) electrons. The van der Waals surface area contributed by atoms with Gasteiger partial charge in [0.1, 0.15) is 0 Å². The summed E-state index contributed by atoms with van der Waals surface area (Å²) in [5.74, 6) is 0.759. The molecular formula is C18H26ClNO. The molecule has 1 aromatic carbocycles. The Morgan fingerprint density at radius 1 is 1.05 bits per heavy atom. The summed E-state index contributed by atoms with van der Waals surface area (Å²) in [4.78, 5) is 0. The first-order valence-corrected chi connectivity index (χ1v) is 8.79. The van der Waals surface area contributed by atoms with Crippen LogP contribution in [0.3, 0.4) is 0 Å². The van der Waals surface area contributed by atoms with Crippen molar-refractivity contribution < 1.29 is 4.74 Å². The Hall–Kier alpha value is -0.570. The van der Waals surface area contributed by atoms with Crippen LogP contribution in [0.2, 0.25) is 5.02 Å². The molecule has 0 bridgehead atoms. The summed E-state index contributed by atoms with van der Waals surface area (Å²) in [6, 6.07) is 8.85. The van der Waals surface area contributed by atoms with Gasteiger partial charge in [-0.2, -0.15) is 0 Å². The minimum absolute atomic E-state index is 0.157. The van der Waals surface area contributed by atoms with Crippen molar-refractivity contribution >= 4 is 11.6 Å². The fraction of sp³-hybridized carbons (Fsp3) is 0.667. The van der Waals surface area contributed by atoms with Gasteiger partial charge in [0.15, 0.2) is 0 Å². The third-order valence-corrected chi connectivity index (χ3v) is 4.92. The number of halogens is 1. The van der Waals surface area contributed by atoms with Crippen molar-refractivity contribution in [2.75, 3.05) is 13.2 Å². The molecule has 1 N–H and O–H groups in total. The van der Waals surface area contributed by atoms with Crippen molar-refractivity contribution in [3.63, 3.8) is 0 Å². The lowest BCUT2D eigenvalue weighted by atomic mass is 9.90. The van der Waals surface area contributed by atoms with E-state index in [0.717, 1.165) is 30.1 Å². The summed E-state index contributed by atoms with van der Waals surface area (Å²) in [5, 5.41) is 4.39. The number of nitrogens with one attached hydrogen (secondary N) is 1. The molecule has 0 amide bonds. The van der Waals surface area contributed by atoms with E-state index in [2.05, 4.69) is 17.4 Å². The maximum absolute atomic E-state index is 6.28. The van der Waals surface area contributed by atoms with Gasteiger partial charge < -0.3 is 10.1 Å². The quantitative estimate of drug-likeness (QED) is 0.786. The fourth-order valence-corrected chi connectivity index (χ4v) is 3.24. The smallest absolute Gasteiger partial charge is 0.0949 e. The molecule has 2 aliphatic carbocycles. The maximum Gasteiger partial charge on any atom is 0.0949 e. The highest BCUT2D eigenvalue weighted by Crippen LogP contribution is 2.27. The van der Waals surface area contributed by atoms with E-state index < -0.39 is 0 Å². The fourth-order valence-electron chi connectivity index (χ4n) is 3.12. The lowest BCUT2D eigenvalue weighted by Crippen LogP contribution is -2.27. The number of ether oxygens (including phenoxy) is 1. The highest BCUT2D eigenvalue weighted by atomic mass is 35.5. The van der Waals surface area contributed by atoms with Gasteiger partial charge in [0.2, 0.25) is 0 Å². The summed E-state index contributed by atoms with van der Waals surface area (Å²) >= 11 is 6.00. The zero-order valence-electron chi connectivity index (χ0n) is 12.7. The Morgan fingerprint density at radius 2 is 1.76 bits per heavy atom. The molecule has 3 rings (SSSR count). The van der Waals surface area contributed by atoms with Crippen molar-refractivity contribution in [2.24, 2.45) is 5.92 Å². The SMILES string of the molecule is Clc1ccc(C(CNC2CC2)OCC2CCCCC2)cc1. The number of benzene rings is 1. The largest absolute Gasteiger partial charge is 0.372 e. The van der Waals surface area contributed by atoms with Crippen LogP contribution in [0.4, 0.5) is 0 Å². The number of hydrogen-bond donors (Lipinski definition) is 1. The van der Waals surface area contributed by atoms with E-state index in [1.54, 1.807) is 0 Å². The Balaban J connectivity index is 1.55. The van der Waals surface area contributed by atoms with Crippen LogP contribution in [-0.2, 0) is 4.74 Å². The van der Waals surface area contributed by atoms with E-state index in [1.165, 1.54) is 50.5 Å². The van der Waals surface area contributed by atoms with Crippen LogP contribution in [0.1, 0.15) is 56.6 Å². The Morgan fingerprint density at radius 3 is 2.43 bits per heavy atom. The summed E-state index contributed by atoms with van der Waals surface area (Å²) in [6.07, 6.45) is 9.61. The van der Waals surface area contributed by atoms with Gasteiger partial charge in [0.25, 0.3) is 0 Å². The van der Waals surface area contributed by atoms with E-state index in [-0.39, 0.29) is 6.10 Å². The van der Waals surface area contributed by atoms with Gasteiger partial charge in [0.05, 0.1) is 12.7 Å². The van der Waals surface area contributed by atoms with Gasteiger partial charge in [-0.3, -0.25) is 0 Å². The molecule has 0 spiro atoms. The average Bonchev–Trinajstić information content (AvgIpc) is 3.34. The third-order valence-electron chi connectivity index (χ3n) is 4.67. The van der Waals surface area contributed by atoms with E-state index >= 15 is 0 Å². The van der Waals surface area contributed by atoms with Gasteiger partial charge in [-0.1, -0.05) is 43.0 Å². The van der Waals surface area contributed by atoms with Crippen LogP contribution in [0.15, 0.2) is 24.3 Å². The third kappa shape index (κ3) is 4.98. The molecule has 1 atom stereocenters. The van der Waals surface area contributed by atoms with Crippen molar-refractivity contribution in [2.45, 2.75) is 57.1 Å². The zero-order valence-corrected chi connectivity index (χ0v) is 13.4. The molecule has 2 saturated carbocycles. The Kier molecular flexibility index (Phi) is 5.56. The van der Waals surface area contributed by atoms with Crippen LogP contribution < -0.4 is 5.32 Å². The summed E-state index contributed by atoms with van der Waals surface area (Å²) in [7, 11) is 0. The van der Waals surface area contributed by atoms with Gasteiger partial charge in [-0.05, 0) is 49.3 Å². The molecular weight excluding hydrogens is 282 g/mol. The van der Waals surface area contributed by atoms with E-state index in [1.807, 2.05) is 12.1 Å². The predicted molar refractivity (Wildman–Crippen MR) is 87.7 cm³/mol. The van der Waals surface area contributed by atoms with Crippen molar-refractivity contribution in [3.8, 4) is 0 Å². The summed E-state index contributed by atoms with van der Waals surface area (Å²) in [6.45, 7) is 1.82. The molecule has 2 fully saturated rings. The molecule has 0 aromatic heterocycles. The molecule has 21 heavy (non-hydrogen) atoms. The highest BCUT2D eigenvalue weighted by Gasteiger charge is 2.23. The van der Waals surface area contributed by atoms with Crippen LogP contribution in [0.25, 0.3) is 0 Å². The zero-order chi connectivity index (χ0) is 14.5. The van der Waals surface area contributed by atoms with Crippen LogP contribution in [0.5, 0.6) is 0 Å². The Bertz CT molecular complexity index is 423. The molecule has 0 heterocycles. The topological polar surface area (TPSA) is 21.3 Å². The standard InChI is InChI=1S/C18H26ClNO/c19-16-8-6-15(7-9-16)18(12-20-17-10-11-17)21-13-14-4-2-1-3-5-14/h6-9,14,17-18,20H,1-5,10-13H2. The van der Waals surface area contributed by atoms with Crippen molar-refractivity contribution in [1.82, 2.24) is 5.32 Å². The number of rotatable bonds is 7. The second-order valence-corrected chi connectivity index (χ2v) is 7.00. The molecule has 1 aromatic rings. The lowest BCUT2D eigenvalue weighted by molar-refractivity contribution is 0.0197. The Labute approximate surface area is 133 Å². The van der Waals surface area contributed by atoms with Gasteiger partial charge >= 0.3 is 0 Å². The normalized spacial score (nSPS) is 21.4. The molecule has 2 aliphatic rings. The number of hydrogen-bond acceptors (Lipinski definition) is 2. The molecule has 116 valence electrons. The van der Waals surface area contributed by atoms with E-state index in [9.17, 15) is 0 Å². The van der Waals surface area contributed by atoms with Crippen molar-refractivity contribution in [3.05, 3.63) is 34.9 Å². The molecule has 1 unspecified atom stereocenters. The average molecular weight is 308 g/mol.